The number of likely N-dealkylation sites (tertiary alicyclic amines) is 1. The number of rotatable bonds is 17. The first-order valence-corrected chi connectivity index (χ1v) is 18.4. The zero-order chi connectivity index (χ0) is 38.8. The molecule has 0 saturated carbocycles. The summed E-state index contributed by atoms with van der Waals surface area (Å²) in [5, 5.41) is 9.17. The lowest BCUT2D eigenvalue weighted by Crippen LogP contribution is -2.50. The van der Waals surface area contributed by atoms with Crippen LogP contribution in [0.4, 0.5) is 0 Å². The van der Waals surface area contributed by atoms with Crippen LogP contribution in [0.1, 0.15) is 64.1 Å². The van der Waals surface area contributed by atoms with Gasteiger partial charge in [0.25, 0.3) is 0 Å². The van der Waals surface area contributed by atoms with Gasteiger partial charge in [-0.3, -0.25) is 4.79 Å². The summed E-state index contributed by atoms with van der Waals surface area (Å²) in [6.45, 7) is 1.84. The Balaban J connectivity index is 1.47. The molecule has 1 aliphatic heterocycles. The molecule has 5 rings (SSSR count). The predicted octanol–water partition coefficient (Wildman–Crippen LogP) is 6.99. The standard InChI is InChI=1S/C41H47NO11S/c1-25-13-18-36(54-25)38(28-22-34(49-4)39(51-6)35(23-28)50-5)40(45)42-19-8-7-12-30(42)41(46)53-31(27-10-9-11-29(21-27)52-24-37(43)44)16-14-26-15-17-32(47-2)33(20-26)48-3/h9-11,13,15,17-18,20-23,30-31,38H,7-8,12,14,16,19,24H2,1-6H3,(H,43,44)/t30-,31+,38+/m0/s1. The highest BCUT2D eigenvalue weighted by Gasteiger charge is 2.39. The number of nitrogens with zero attached hydrogens (tertiary/aromatic N) is 1. The van der Waals surface area contributed by atoms with Crippen LogP contribution in [-0.2, 0) is 25.5 Å². The van der Waals surface area contributed by atoms with E-state index in [1.807, 2.05) is 43.3 Å². The van der Waals surface area contributed by atoms with Crippen molar-refractivity contribution in [3.63, 3.8) is 0 Å². The van der Waals surface area contributed by atoms with Gasteiger partial charge in [-0.25, -0.2) is 9.59 Å². The number of amides is 1. The van der Waals surface area contributed by atoms with Gasteiger partial charge in [-0.2, -0.15) is 0 Å². The first-order valence-electron chi connectivity index (χ1n) is 17.6. The van der Waals surface area contributed by atoms with Crippen molar-refractivity contribution >= 4 is 29.2 Å². The van der Waals surface area contributed by atoms with Gasteiger partial charge >= 0.3 is 11.9 Å². The third kappa shape index (κ3) is 9.37. The number of hydrogen-bond acceptors (Lipinski definition) is 11. The zero-order valence-corrected chi connectivity index (χ0v) is 32.2. The summed E-state index contributed by atoms with van der Waals surface area (Å²) in [5.74, 6) is 0.116. The van der Waals surface area contributed by atoms with Crippen LogP contribution in [0.15, 0.2) is 66.7 Å². The molecule has 54 heavy (non-hydrogen) atoms. The highest BCUT2D eigenvalue weighted by atomic mass is 32.1. The van der Waals surface area contributed by atoms with Crippen LogP contribution in [0.5, 0.6) is 34.5 Å². The van der Waals surface area contributed by atoms with E-state index in [-0.39, 0.29) is 5.91 Å². The van der Waals surface area contributed by atoms with Gasteiger partial charge in [0.2, 0.25) is 11.7 Å². The molecule has 4 aromatic rings. The fraction of sp³-hybridized carbons (Fsp3) is 0.390. The second-order valence-electron chi connectivity index (χ2n) is 12.8. The van der Waals surface area contributed by atoms with Crippen LogP contribution >= 0.6 is 11.3 Å². The van der Waals surface area contributed by atoms with Crippen molar-refractivity contribution in [2.45, 2.75) is 57.1 Å². The van der Waals surface area contributed by atoms with Crippen LogP contribution in [0.3, 0.4) is 0 Å². The van der Waals surface area contributed by atoms with E-state index in [0.29, 0.717) is 71.4 Å². The number of methoxy groups -OCH3 is 5. The normalized spacial score (nSPS) is 15.1. The van der Waals surface area contributed by atoms with Crippen LogP contribution in [-0.4, -0.2) is 82.6 Å². The number of carboxylic acids is 1. The molecule has 1 amide bonds. The molecule has 1 fully saturated rings. The van der Waals surface area contributed by atoms with E-state index in [1.54, 1.807) is 49.5 Å². The highest BCUT2D eigenvalue weighted by molar-refractivity contribution is 7.12. The Kier molecular flexibility index (Phi) is 13.7. The largest absolute Gasteiger partial charge is 0.493 e. The third-order valence-corrected chi connectivity index (χ3v) is 10.4. The lowest BCUT2D eigenvalue weighted by Gasteiger charge is -2.37. The summed E-state index contributed by atoms with van der Waals surface area (Å²) in [5.41, 5.74) is 2.20. The van der Waals surface area contributed by atoms with Crippen molar-refractivity contribution in [1.82, 2.24) is 4.90 Å². The second kappa shape index (κ2) is 18.6. The van der Waals surface area contributed by atoms with Crippen molar-refractivity contribution in [3.8, 4) is 34.5 Å². The molecule has 1 N–H and O–H groups in total. The molecule has 1 aromatic heterocycles. The maximum atomic E-state index is 14.9. The van der Waals surface area contributed by atoms with Crippen LogP contribution in [0.25, 0.3) is 0 Å². The molecular weight excluding hydrogens is 715 g/mol. The number of esters is 1. The molecule has 0 spiro atoms. The number of carbonyl (C=O) groups is 3. The zero-order valence-electron chi connectivity index (χ0n) is 31.4. The number of piperidine rings is 1. The van der Waals surface area contributed by atoms with Gasteiger partial charge in [-0.05, 0) is 104 Å². The number of carbonyl (C=O) groups excluding carboxylic acids is 2. The van der Waals surface area contributed by atoms with Gasteiger partial charge in [0.05, 0.1) is 41.5 Å². The molecule has 288 valence electrons. The van der Waals surface area contributed by atoms with Gasteiger partial charge in [0.15, 0.2) is 29.6 Å². The summed E-state index contributed by atoms with van der Waals surface area (Å²) >= 11 is 1.51. The number of hydrogen-bond donors (Lipinski definition) is 1. The average Bonchev–Trinajstić information content (AvgIpc) is 3.62. The highest BCUT2D eigenvalue weighted by Crippen LogP contribution is 2.43. The van der Waals surface area contributed by atoms with E-state index >= 15 is 0 Å². The van der Waals surface area contributed by atoms with Crippen molar-refractivity contribution in [2.24, 2.45) is 0 Å². The van der Waals surface area contributed by atoms with Gasteiger partial charge in [0, 0.05) is 16.3 Å². The second-order valence-corrected chi connectivity index (χ2v) is 14.1. The number of ether oxygens (including phenoxy) is 7. The number of aliphatic carboxylic acids is 1. The Bertz CT molecular complexity index is 1900. The van der Waals surface area contributed by atoms with E-state index in [2.05, 4.69) is 0 Å². The summed E-state index contributed by atoms with van der Waals surface area (Å²) in [6, 6.07) is 19.1. The Hall–Kier alpha value is -5.43. The minimum atomic E-state index is -1.11. The molecule has 1 saturated heterocycles. The van der Waals surface area contributed by atoms with E-state index in [0.717, 1.165) is 28.2 Å². The van der Waals surface area contributed by atoms with Crippen LogP contribution in [0.2, 0.25) is 0 Å². The fourth-order valence-electron chi connectivity index (χ4n) is 6.71. The maximum absolute atomic E-state index is 14.9. The first-order chi connectivity index (χ1) is 26.1. The van der Waals surface area contributed by atoms with Crippen LogP contribution < -0.4 is 28.4 Å². The predicted molar refractivity (Wildman–Crippen MR) is 203 cm³/mol. The monoisotopic (exact) mass is 761 g/mol. The van der Waals surface area contributed by atoms with Crippen molar-refractivity contribution < 1.29 is 52.6 Å². The number of aryl methyl sites for hydroxylation is 2. The van der Waals surface area contributed by atoms with Crippen molar-refractivity contribution in [1.29, 1.82) is 0 Å². The molecular formula is C41H47NO11S. The van der Waals surface area contributed by atoms with E-state index < -0.39 is 36.6 Å². The minimum absolute atomic E-state index is 0.237. The van der Waals surface area contributed by atoms with Crippen molar-refractivity contribution in [2.75, 3.05) is 48.7 Å². The molecule has 2 heterocycles. The van der Waals surface area contributed by atoms with E-state index in [1.165, 1.54) is 32.7 Å². The smallest absolute Gasteiger partial charge is 0.341 e. The summed E-state index contributed by atoms with van der Waals surface area (Å²) in [7, 11) is 7.71. The summed E-state index contributed by atoms with van der Waals surface area (Å²) in [6.07, 6.45) is 2.04. The maximum Gasteiger partial charge on any atom is 0.341 e. The topological polar surface area (TPSA) is 139 Å². The average molecular weight is 762 g/mol. The molecule has 1 aliphatic rings. The Morgan fingerprint density at radius 3 is 2.17 bits per heavy atom. The van der Waals surface area contributed by atoms with Crippen molar-refractivity contribution in [3.05, 3.63) is 93.2 Å². The fourth-order valence-corrected chi connectivity index (χ4v) is 7.71. The lowest BCUT2D eigenvalue weighted by atomic mass is 9.92. The summed E-state index contributed by atoms with van der Waals surface area (Å²) in [4.78, 5) is 43.9. The molecule has 0 radical (unpaired) electrons. The molecule has 0 aliphatic carbocycles. The summed E-state index contributed by atoms with van der Waals surface area (Å²) < 4.78 is 39.5. The molecule has 13 heteroatoms. The lowest BCUT2D eigenvalue weighted by molar-refractivity contribution is -0.162. The van der Waals surface area contributed by atoms with Gasteiger partial charge < -0.3 is 43.2 Å². The minimum Gasteiger partial charge on any atom is -0.493 e. The Morgan fingerprint density at radius 2 is 1.54 bits per heavy atom. The number of thiophene rings is 1. The number of benzene rings is 3. The molecule has 3 aromatic carbocycles. The van der Waals surface area contributed by atoms with E-state index in [9.17, 15) is 19.5 Å². The Morgan fingerprint density at radius 1 is 0.815 bits per heavy atom. The molecule has 0 unspecified atom stereocenters. The van der Waals surface area contributed by atoms with Gasteiger partial charge in [0.1, 0.15) is 17.9 Å². The molecule has 0 bridgehead atoms. The van der Waals surface area contributed by atoms with Crippen LogP contribution in [0, 0.1) is 6.92 Å². The SMILES string of the molecule is COc1ccc(CC[C@@H](OC(=O)[C@@H]2CCCCN2C(=O)[C@H](c2cc(OC)c(OC)c(OC)c2)c2ccc(C)s2)c2cccc(OCC(=O)O)c2)cc1OC. The molecule has 12 nitrogen and oxygen atoms in total. The van der Waals surface area contributed by atoms with Gasteiger partial charge in [-0.15, -0.1) is 11.3 Å². The third-order valence-electron chi connectivity index (χ3n) is 9.36. The Labute approximate surface area is 319 Å². The first kappa shape index (κ1) is 39.8. The molecule has 3 atom stereocenters. The number of carboxylic acid groups (broad SMARTS) is 1. The quantitative estimate of drug-likeness (QED) is 0.111. The van der Waals surface area contributed by atoms with E-state index in [4.69, 9.17) is 33.2 Å². The van der Waals surface area contributed by atoms with Gasteiger partial charge in [-0.1, -0.05) is 18.2 Å².